The van der Waals surface area contributed by atoms with Crippen molar-refractivity contribution in [2.45, 2.75) is 63.0 Å². The fraction of sp³-hybridized carbons (Fsp3) is 0.737. The maximum absolute atomic E-state index is 12.8. The van der Waals surface area contributed by atoms with Crippen molar-refractivity contribution < 1.29 is 9.53 Å². The second kappa shape index (κ2) is 6.77. The van der Waals surface area contributed by atoms with Crippen molar-refractivity contribution >= 4 is 17.2 Å². The van der Waals surface area contributed by atoms with E-state index in [1.807, 2.05) is 16.2 Å². The zero-order valence-electron chi connectivity index (χ0n) is 14.3. The molecule has 1 aliphatic carbocycles. The Kier molecular flexibility index (Phi) is 4.67. The van der Waals surface area contributed by atoms with Crippen molar-refractivity contribution in [1.82, 2.24) is 4.90 Å². The number of carbonyl (C=O) groups is 1. The highest BCUT2D eigenvalue weighted by atomic mass is 32.1. The molecular formula is C19H28N2O2S. The molecule has 2 N–H and O–H groups in total. The summed E-state index contributed by atoms with van der Waals surface area (Å²) in [6.45, 7) is 2.35. The van der Waals surface area contributed by atoms with E-state index in [0.29, 0.717) is 5.92 Å². The Hall–Kier alpha value is -0.910. The summed E-state index contributed by atoms with van der Waals surface area (Å²) in [7, 11) is 0. The Labute approximate surface area is 148 Å². The normalized spacial score (nSPS) is 25.5. The van der Waals surface area contributed by atoms with Gasteiger partial charge in [0.05, 0.1) is 12.6 Å². The van der Waals surface area contributed by atoms with Gasteiger partial charge < -0.3 is 15.4 Å². The van der Waals surface area contributed by atoms with Gasteiger partial charge in [0.1, 0.15) is 5.60 Å². The molecule has 0 unspecified atom stereocenters. The monoisotopic (exact) mass is 348 g/mol. The Morgan fingerprint density at radius 1 is 1.29 bits per heavy atom. The quantitative estimate of drug-likeness (QED) is 0.894. The summed E-state index contributed by atoms with van der Waals surface area (Å²) in [5, 5.41) is 2.18. The molecule has 1 aromatic heterocycles. The van der Waals surface area contributed by atoms with Crippen LogP contribution >= 0.6 is 11.3 Å². The summed E-state index contributed by atoms with van der Waals surface area (Å²) >= 11 is 1.82. The van der Waals surface area contributed by atoms with E-state index in [1.54, 1.807) is 0 Å². The fourth-order valence-electron chi connectivity index (χ4n) is 4.72. The predicted octanol–water partition coefficient (Wildman–Crippen LogP) is 3.05. The summed E-state index contributed by atoms with van der Waals surface area (Å²) < 4.78 is 6.24. The topological polar surface area (TPSA) is 55.6 Å². The molecule has 132 valence electrons. The number of fused-ring (bicyclic) bond motifs is 2. The number of hydrogen-bond acceptors (Lipinski definition) is 4. The third kappa shape index (κ3) is 2.91. The van der Waals surface area contributed by atoms with Gasteiger partial charge >= 0.3 is 0 Å². The zero-order valence-corrected chi connectivity index (χ0v) is 15.2. The van der Waals surface area contributed by atoms with Crippen LogP contribution in [0.4, 0.5) is 0 Å². The maximum atomic E-state index is 12.8. The standard InChI is InChI=1S/C19H28N2O2S/c20-16(14-4-2-1-3-5-14)18(22)21-10-8-19(9-11-21)17-15(6-12-23-19)7-13-24-17/h7,13-14,16H,1-6,8-12,20H2/t16-/m0/s1. The summed E-state index contributed by atoms with van der Waals surface area (Å²) in [6.07, 6.45) is 8.82. The van der Waals surface area contributed by atoms with E-state index in [4.69, 9.17) is 10.5 Å². The number of amides is 1. The molecule has 3 heterocycles. The average Bonchev–Trinajstić information content (AvgIpc) is 3.12. The highest BCUT2D eigenvalue weighted by molar-refractivity contribution is 7.10. The molecule has 1 atom stereocenters. The lowest BCUT2D eigenvalue weighted by Gasteiger charge is -2.44. The lowest BCUT2D eigenvalue weighted by Crippen LogP contribution is -2.53. The van der Waals surface area contributed by atoms with Crippen LogP contribution in [0.25, 0.3) is 0 Å². The summed E-state index contributed by atoms with van der Waals surface area (Å²) in [4.78, 5) is 16.2. The molecule has 1 amide bonds. The van der Waals surface area contributed by atoms with Crippen molar-refractivity contribution in [3.8, 4) is 0 Å². The Balaban J connectivity index is 1.40. The molecule has 0 radical (unpaired) electrons. The largest absolute Gasteiger partial charge is 0.369 e. The van der Waals surface area contributed by atoms with E-state index in [1.165, 1.54) is 29.7 Å². The Morgan fingerprint density at radius 2 is 2.04 bits per heavy atom. The Bertz CT molecular complexity index is 586. The van der Waals surface area contributed by atoms with Crippen molar-refractivity contribution in [2.75, 3.05) is 19.7 Å². The minimum absolute atomic E-state index is 0.145. The first-order valence-electron chi connectivity index (χ1n) is 9.45. The number of piperidine rings is 1. The van der Waals surface area contributed by atoms with Crippen LogP contribution in [-0.2, 0) is 21.6 Å². The first-order valence-corrected chi connectivity index (χ1v) is 10.3. The number of carbonyl (C=O) groups excluding carboxylic acids is 1. The molecule has 2 aliphatic heterocycles. The van der Waals surface area contributed by atoms with Gasteiger partial charge in [0.25, 0.3) is 0 Å². The average molecular weight is 349 g/mol. The first kappa shape index (κ1) is 16.6. The van der Waals surface area contributed by atoms with Gasteiger partial charge in [-0.25, -0.2) is 0 Å². The number of nitrogens with two attached hydrogens (primary N) is 1. The van der Waals surface area contributed by atoms with E-state index in [9.17, 15) is 4.79 Å². The third-order valence-corrected chi connectivity index (χ3v) is 7.38. The molecule has 0 aromatic carbocycles. The van der Waals surface area contributed by atoms with Crippen LogP contribution in [0.5, 0.6) is 0 Å². The minimum atomic E-state index is -0.302. The van der Waals surface area contributed by atoms with Crippen LogP contribution in [0.2, 0.25) is 0 Å². The van der Waals surface area contributed by atoms with Crippen molar-refractivity contribution in [2.24, 2.45) is 11.7 Å². The van der Waals surface area contributed by atoms with E-state index in [2.05, 4.69) is 11.4 Å². The number of likely N-dealkylation sites (tertiary alicyclic amines) is 1. The second-order valence-corrected chi connectivity index (χ2v) is 8.53. The van der Waals surface area contributed by atoms with Crippen LogP contribution in [-0.4, -0.2) is 36.5 Å². The maximum Gasteiger partial charge on any atom is 0.239 e. The van der Waals surface area contributed by atoms with E-state index >= 15 is 0 Å². The molecule has 1 saturated heterocycles. The fourth-order valence-corrected chi connectivity index (χ4v) is 5.89. The van der Waals surface area contributed by atoms with Crippen LogP contribution in [0.1, 0.15) is 55.4 Å². The summed E-state index contributed by atoms with van der Waals surface area (Å²) in [5.74, 6) is 0.552. The number of hydrogen-bond donors (Lipinski definition) is 1. The second-order valence-electron chi connectivity index (χ2n) is 7.62. The molecule has 1 spiro atoms. The van der Waals surface area contributed by atoms with Gasteiger partial charge in [-0.2, -0.15) is 0 Å². The lowest BCUT2D eigenvalue weighted by molar-refractivity contribution is -0.143. The SMILES string of the molecule is N[C@H](C(=O)N1CCC2(CC1)OCCc1ccsc12)C1CCCCC1. The molecule has 4 rings (SSSR count). The number of thiophene rings is 1. The van der Waals surface area contributed by atoms with Gasteiger partial charge in [-0.3, -0.25) is 4.79 Å². The molecule has 1 saturated carbocycles. The van der Waals surface area contributed by atoms with Gasteiger partial charge in [-0.15, -0.1) is 11.3 Å². The molecule has 2 fully saturated rings. The molecule has 1 aromatic rings. The molecule has 4 nitrogen and oxygen atoms in total. The van der Waals surface area contributed by atoms with Crippen LogP contribution in [0, 0.1) is 5.92 Å². The van der Waals surface area contributed by atoms with Gasteiger partial charge in [0.2, 0.25) is 5.91 Å². The number of rotatable bonds is 2. The number of nitrogens with zero attached hydrogens (tertiary/aromatic N) is 1. The molecular weight excluding hydrogens is 320 g/mol. The zero-order chi connectivity index (χ0) is 16.6. The molecule has 3 aliphatic rings. The smallest absolute Gasteiger partial charge is 0.239 e. The Morgan fingerprint density at radius 3 is 2.79 bits per heavy atom. The number of ether oxygens (including phenoxy) is 1. The van der Waals surface area contributed by atoms with Crippen molar-refractivity contribution in [3.05, 3.63) is 21.9 Å². The van der Waals surface area contributed by atoms with Crippen LogP contribution < -0.4 is 5.73 Å². The molecule has 24 heavy (non-hydrogen) atoms. The predicted molar refractivity (Wildman–Crippen MR) is 96.0 cm³/mol. The van der Waals surface area contributed by atoms with Crippen molar-refractivity contribution in [1.29, 1.82) is 0 Å². The van der Waals surface area contributed by atoms with Crippen LogP contribution in [0.3, 0.4) is 0 Å². The van der Waals surface area contributed by atoms with Gasteiger partial charge in [0.15, 0.2) is 0 Å². The lowest BCUT2D eigenvalue weighted by atomic mass is 9.82. The van der Waals surface area contributed by atoms with Gasteiger partial charge in [0, 0.05) is 18.0 Å². The van der Waals surface area contributed by atoms with E-state index in [0.717, 1.165) is 51.8 Å². The van der Waals surface area contributed by atoms with Crippen LogP contribution in [0.15, 0.2) is 11.4 Å². The summed E-state index contributed by atoms with van der Waals surface area (Å²) in [6, 6.07) is 1.93. The molecule has 5 heteroatoms. The van der Waals surface area contributed by atoms with E-state index < -0.39 is 0 Å². The summed E-state index contributed by atoms with van der Waals surface area (Å²) in [5.41, 5.74) is 7.64. The minimum Gasteiger partial charge on any atom is -0.369 e. The van der Waals surface area contributed by atoms with E-state index in [-0.39, 0.29) is 17.6 Å². The highest BCUT2D eigenvalue weighted by Gasteiger charge is 2.43. The first-order chi connectivity index (χ1) is 11.7. The van der Waals surface area contributed by atoms with Gasteiger partial charge in [-0.05, 0) is 55.0 Å². The molecule has 0 bridgehead atoms. The van der Waals surface area contributed by atoms with Gasteiger partial charge in [-0.1, -0.05) is 19.3 Å². The van der Waals surface area contributed by atoms with Crippen molar-refractivity contribution in [3.63, 3.8) is 0 Å². The highest BCUT2D eigenvalue weighted by Crippen LogP contribution is 2.44. The third-order valence-electron chi connectivity index (χ3n) is 6.24.